The average molecular weight is 331 g/mol. The minimum Gasteiger partial charge on any atom is -0.457 e. The zero-order valence-corrected chi connectivity index (χ0v) is 13.7. The van der Waals surface area contributed by atoms with Crippen LogP contribution in [0.3, 0.4) is 0 Å². The second-order valence-corrected chi connectivity index (χ2v) is 5.71. The average Bonchev–Trinajstić information content (AvgIpc) is 2.64. The predicted octanol–water partition coefficient (Wildman–Crippen LogP) is 4.12. The van der Waals surface area contributed by atoms with Crippen molar-refractivity contribution in [1.82, 2.24) is 0 Å². The first-order valence-corrected chi connectivity index (χ1v) is 7.82. The van der Waals surface area contributed by atoms with Crippen molar-refractivity contribution in [2.24, 2.45) is 5.73 Å². The van der Waals surface area contributed by atoms with E-state index in [0.717, 1.165) is 11.3 Å². The third kappa shape index (κ3) is 3.93. The molecular formula is C21H17NO3. The molecule has 0 radical (unpaired) electrons. The number of aryl methyl sites for hydroxylation is 1. The maximum absolute atomic E-state index is 12.5. The van der Waals surface area contributed by atoms with E-state index >= 15 is 0 Å². The van der Waals surface area contributed by atoms with Gasteiger partial charge in [-0.2, -0.15) is 0 Å². The Morgan fingerprint density at radius 2 is 1.32 bits per heavy atom. The summed E-state index contributed by atoms with van der Waals surface area (Å²) in [5.41, 5.74) is 7.66. The smallest absolute Gasteiger partial charge is 0.248 e. The number of benzene rings is 3. The van der Waals surface area contributed by atoms with E-state index in [1.165, 1.54) is 6.07 Å². The van der Waals surface area contributed by atoms with Crippen molar-refractivity contribution in [1.29, 1.82) is 0 Å². The van der Waals surface area contributed by atoms with Crippen LogP contribution in [0.25, 0.3) is 0 Å². The molecule has 0 saturated carbocycles. The number of carbonyl (C=O) groups excluding carboxylic acids is 2. The van der Waals surface area contributed by atoms with Crippen LogP contribution in [0.15, 0.2) is 72.8 Å². The van der Waals surface area contributed by atoms with Gasteiger partial charge in [0.15, 0.2) is 5.78 Å². The van der Waals surface area contributed by atoms with E-state index in [9.17, 15) is 9.59 Å². The van der Waals surface area contributed by atoms with Gasteiger partial charge in [-0.05, 0) is 55.5 Å². The van der Waals surface area contributed by atoms with Gasteiger partial charge < -0.3 is 10.5 Å². The Bertz CT molecular complexity index is 913. The van der Waals surface area contributed by atoms with E-state index in [4.69, 9.17) is 10.5 Å². The zero-order chi connectivity index (χ0) is 17.8. The molecule has 0 unspecified atom stereocenters. The fourth-order valence-electron chi connectivity index (χ4n) is 2.40. The first-order valence-electron chi connectivity index (χ1n) is 7.82. The molecule has 4 nitrogen and oxygen atoms in total. The SMILES string of the molecule is Cc1ccc(Oc2ccc(C(=O)c3cccc(C(N)=O)c3)cc2)cc1. The lowest BCUT2D eigenvalue weighted by Crippen LogP contribution is -2.12. The number of ketones is 1. The van der Waals surface area contributed by atoms with E-state index in [0.29, 0.717) is 22.4 Å². The molecule has 3 aromatic carbocycles. The summed E-state index contributed by atoms with van der Waals surface area (Å²) >= 11 is 0. The number of hydrogen-bond acceptors (Lipinski definition) is 3. The lowest BCUT2D eigenvalue weighted by atomic mass is 10.0. The van der Waals surface area contributed by atoms with Crippen LogP contribution in [0.4, 0.5) is 0 Å². The Kier molecular flexibility index (Phi) is 4.61. The van der Waals surface area contributed by atoms with Crippen LogP contribution in [0.2, 0.25) is 0 Å². The molecule has 25 heavy (non-hydrogen) atoms. The van der Waals surface area contributed by atoms with Gasteiger partial charge >= 0.3 is 0 Å². The predicted molar refractivity (Wildman–Crippen MR) is 96.1 cm³/mol. The van der Waals surface area contributed by atoms with Crippen LogP contribution in [0.5, 0.6) is 11.5 Å². The number of primary amides is 1. The van der Waals surface area contributed by atoms with Crippen LogP contribution in [0, 0.1) is 6.92 Å². The molecular weight excluding hydrogens is 314 g/mol. The third-order valence-corrected chi connectivity index (χ3v) is 3.78. The Labute approximate surface area is 145 Å². The number of ether oxygens (including phenoxy) is 1. The van der Waals surface area contributed by atoms with Crippen LogP contribution in [-0.4, -0.2) is 11.7 Å². The van der Waals surface area contributed by atoms with Gasteiger partial charge in [0.05, 0.1) is 0 Å². The van der Waals surface area contributed by atoms with E-state index in [-0.39, 0.29) is 5.78 Å². The van der Waals surface area contributed by atoms with Crippen molar-refractivity contribution in [2.75, 3.05) is 0 Å². The molecule has 0 aromatic heterocycles. The molecule has 3 aromatic rings. The summed E-state index contributed by atoms with van der Waals surface area (Å²) in [6.07, 6.45) is 0. The molecule has 0 saturated heterocycles. The lowest BCUT2D eigenvalue weighted by molar-refractivity contribution is 0.1000. The van der Waals surface area contributed by atoms with Gasteiger partial charge in [0.1, 0.15) is 11.5 Å². The molecule has 0 fully saturated rings. The van der Waals surface area contributed by atoms with Gasteiger partial charge in [-0.1, -0.05) is 29.8 Å². The molecule has 2 N–H and O–H groups in total. The molecule has 124 valence electrons. The van der Waals surface area contributed by atoms with Crippen LogP contribution in [-0.2, 0) is 0 Å². The van der Waals surface area contributed by atoms with Crippen molar-refractivity contribution in [3.05, 3.63) is 95.1 Å². The lowest BCUT2D eigenvalue weighted by Gasteiger charge is -2.07. The topological polar surface area (TPSA) is 69.4 Å². The van der Waals surface area contributed by atoms with Crippen LogP contribution >= 0.6 is 0 Å². The minimum absolute atomic E-state index is 0.176. The van der Waals surface area contributed by atoms with Crippen molar-refractivity contribution < 1.29 is 14.3 Å². The van der Waals surface area contributed by atoms with Gasteiger partial charge in [-0.3, -0.25) is 9.59 Å². The molecule has 4 heteroatoms. The second kappa shape index (κ2) is 7.01. The molecule has 0 aliphatic carbocycles. The van der Waals surface area contributed by atoms with Crippen molar-refractivity contribution in [3.8, 4) is 11.5 Å². The van der Waals surface area contributed by atoms with Crippen molar-refractivity contribution in [2.45, 2.75) is 6.92 Å². The Balaban J connectivity index is 1.77. The quantitative estimate of drug-likeness (QED) is 0.715. The van der Waals surface area contributed by atoms with Gasteiger partial charge in [-0.15, -0.1) is 0 Å². The Morgan fingerprint density at radius 1 is 0.760 bits per heavy atom. The monoisotopic (exact) mass is 331 g/mol. The van der Waals surface area contributed by atoms with Crippen molar-refractivity contribution >= 4 is 11.7 Å². The number of rotatable bonds is 5. The van der Waals surface area contributed by atoms with Crippen molar-refractivity contribution in [3.63, 3.8) is 0 Å². The Hall–Kier alpha value is -3.40. The minimum atomic E-state index is -0.559. The highest BCUT2D eigenvalue weighted by Crippen LogP contribution is 2.23. The molecule has 0 spiro atoms. The zero-order valence-electron chi connectivity index (χ0n) is 13.7. The summed E-state index contributed by atoms with van der Waals surface area (Å²) in [6.45, 7) is 2.01. The maximum atomic E-state index is 12.5. The van der Waals surface area contributed by atoms with E-state index < -0.39 is 5.91 Å². The largest absolute Gasteiger partial charge is 0.457 e. The fourth-order valence-corrected chi connectivity index (χ4v) is 2.40. The molecule has 3 rings (SSSR count). The first-order chi connectivity index (χ1) is 12.0. The molecule has 0 aliphatic heterocycles. The molecule has 1 amide bonds. The highest BCUT2D eigenvalue weighted by atomic mass is 16.5. The molecule has 0 bridgehead atoms. The third-order valence-electron chi connectivity index (χ3n) is 3.78. The highest BCUT2D eigenvalue weighted by molar-refractivity contribution is 6.10. The van der Waals surface area contributed by atoms with Crippen LogP contribution in [0.1, 0.15) is 31.8 Å². The number of amides is 1. The summed E-state index contributed by atoms with van der Waals surface area (Å²) in [5.74, 6) is 0.645. The summed E-state index contributed by atoms with van der Waals surface area (Å²) in [5, 5.41) is 0. The molecule has 0 atom stereocenters. The van der Waals surface area contributed by atoms with E-state index in [2.05, 4.69) is 0 Å². The maximum Gasteiger partial charge on any atom is 0.248 e. The number of hydrogen-bond donors (Lipinski definition) is 1. The second-order valence-electron chi connectivity index (χ2n) is 5.71. The van der Waals surface area contributed by atoms with E-state index in [1.54, 1.807) is 42.5 Å². The summed E-state index contributed by atoms with van der Waals surface area (Å²) in [6, 6.07) is 21.0. The van der Waals surface area contributed by atoms with Crippen LogP contribution < -0.4 is 10.5 Å². The number of nitrogens with two attached hydrogens (primary N) is 1. The highest BCUT2D eigenvalue weighted by Gasteiger charge is 2.11. The first kappa shape index (κ1) is 16.5. The summed E-state index contributed by atoms with van der Waals surface area (Å²) in [7, 11) is 0. The molecule has 0 aliphatic rings. The summed E-state index contributed by atoms with van der Waals surface area (Å²) < 4.78 is 5.75. The van der Waals surface area contributed by atoms with E-state index in [1.807, 2.05) is 31.2 Å². The number of carbonyl (C=O) groups is 2. The van der Waals surface area contributed by atoms with Gasteiger partial charge in [0.25, 0.3) is 0 Å². The Morgan fingerprint density at radius 3 is 1.92 bits per heavy atom. The fraction of sp³-hybridized carbons (Fsp3) is 0.0476. The normalized spacial score (nSPS) is 10.3. The van der Waals surface area contributed by atoms with Gasteiger partial charge in [0, 0.05) is 16.7 Å². The standard InChI is InChI=1S/C21H17NO3/c1-14-5-9-18(10-6-14)25-19-11-7-15(8-12-19)20(23)16-3-2-4-17(13-16)21(22)24/h2-13H,1H3,(H2,22,24). The van der Waals surface area contributed by atoms with Gasteiger partial charge in [0.2, 0.25) is 5.91 Å². The molecule has 0 heterocycles. The summed E-state index contributed by atoms with van der Waals surface area (Å²) in [4.78, 5) is 23.8. The van der Waals surface area contributed by atoms with Gasteiger partial charge in [-0.25, -0.2) is 0 Å².